The van der Waals surface area contributed by atoms with Crippen LogP contribution in [0, 0.1) is 0 Å². The topological polar surface area (TPSA) is 102 Å². The molecule has 2 amide bonds. The summed E-state index contributed by atoms with van der Waals surface area (Å²) in [6.07, 6.45) is 4.16. The summed E-state index contributed by atoms with van der Waals surface area (Å²) < 4.78 is 1.86. The molecule has 0 radical (unpaired) electrons. The van der Waals surface area contributed by atoms with Crippen LogP contribution in [-0.2, 0) is 4.79 Å². The van der Waals surface area contributed by atoms with Crippen molar-refractivity contribution in [2.24, 2.45) is 0 Å². The van der Waals surface area contributed by atoms with E-state index < -0.39 is 0 Å². The molecule has 24 heavy (non-hydrogen) atoms. The van der Waals surface area contributed by atoms with Crippen LogP contribution in [0.2, 0.25) is 0 Å². The van der Waals surface area contributed by atoms with E-state index in [-0.39, 0.29) is 35.6 Å². The van der Waals surface area contributed by atoms with E-state index in [4.69, 9.17) is 0 Å². The van der Waals surface area contributed by atoms with Gasteiger partial charge in [-0.25, -0.2) is 0 Å². The van der Waals surface area contributed by atoms with Crippen LogP contribution in [0.1, 0.15) is 55.0 Å². The van der Waals surface area contributed by atoms with Gasteiger partial charge in [0.25, 0.3) is 5.91 Å². The number of hydrogen-bond donors (Lipinski definition) is 2. The molecule has 2 N–H and O–H groups in total. The van der Waals surface area contributed by atoms with E-state index in [0.29, 0.717) is 12.8 Å². The number of nitrogens with zero attached hydrogens (tertiary/aromatic N) is 4. The molecule has 0 spiro atoms. The zero-order valence-electron chi connectivity index (χ0n) is 13.6. The molecule has 1 fully saturated rings. The van der Waals surface area contributed by atoms with Crippen LogP contribution in [0.15, 0.2) is 30.6 Å². The number of hydrogen-bond acceptors (Lipinski definition) is 5. The number of rotatable bonds is 4. The van der Waals surface area contributed by atoms with Crippen molar-refractivity contribution in [3.63, 3.8) is 0 Å². The van der Waals surface area contributed by atoms with Crippen molar-refractivity contribution >= 4 is 11.8 Å². The Labute approximate surface area is 139 Å². The highest BCUT2D eigenvalue weighted by molar-refractivity contribution is 5.92. The first-order chi connectivity index (χ1) is 11.6. The Morgan fingerprint density at radius 1 is 1.38 bits per heavy atom. The molecule has 2 aromatic rings. The predicted molar refractivity (Wildman–Crippen MR) is 86.0 cm³/mol. The van der Waals surface area contributed by atoms with Crippen LogP contribution in [0.25, 0.3) is 0 Å². The molecule has 1 saturated heterocycles. The molecular formula is C16H20N6O2. The van der Waals surface area contributed by atoms with E-state index in [1.807, 2.05) is 24.6 Å². The average Bonchev–Trinajstić information content (AvgIpc) is 3.07. The molecule has 0 aliphatic carbocycles. The van der Waals surface area contributed by atoms with Crippen molar-refractivity contribution in [2.45, 2.75) is 44.8 Å². The van der Waals surface area contributed by atoms with Gasteiger partial charge in [0.15, 0.2) is 5.69 Å². The molecule has 3 rings (SSSR count). The lowest BCUT2D eigenvalue weighted by Gasteiger charge is -2.33. The molecule has 8 heteroatoms. The Bertz CT molecular complexity index is 727. The van der Waals surface area contributed by atoms with Gasteiger partial charge in [0.1, 0.15) is 0 Å². The van der Waals surface area contributed by atoms with E-state index in [2.05, 4.69) is 25.9 Å². The van der Waals surface area contributed by atoms with Crippen LogP contribution in [0.4, 0.5) is 0 Å². The second-order valence-corrected chi connectivity index (χ2v) is 6.07. The summed E-state index contributed by atoms with van der Waals surface area (Å²) >= 11 is 0. The zero-order valence-corrected chi connectivity index (χ0v) is 13.6. The third kappa shape index (κ3) is 3.27. The quantitative estimate of drug-likeness (QED) is 0.872. The number of carbonyl (C=O) groups excluding carboxylic acids is 2. The fourth-order valence-electron chi connectivity index (χ4n) is 2.90. The normalized spacial score (nSPS) is 20.7. The maximum absolute atomic E-state index is 12.4. The molecule has 126 valence electrons. The molecule has 8 nitrogen and oxygen atoms in total. The second kappa shape index (κ2) is 6.77. The monoisotopic (exact) mass is 328 g/mol. The van der Waals surface area contributed by atoms with Crippen molar-refractivity contribution in [1.29, 1.82) is 0 Å². The predicted octanol–water partition coefficient (Wildman–Crippen LogP) is 1.00. The van der Waals surface area contributed by atoms with E-state index >= 15 is 0 Å². The first-order valence-electron chi connectivity index (χ1n) is 7.97. The summed E-state index contributed by atoms with van der Waals surface area (Å²) in [5.41, 5.74) is 1.13. The van der Waals surface area contributed by atoms with Crippen molar-refractivity contribution in [3.8, 4) is 0 Å². The first-order valence-corrected chi connectivity index (χ1v) is 7.97. The number of nitrogens with one attached hydrogen (secondary N) is 2. The molecule has 0 aromatic carbocycles. The Kier molecular flexibility index (Phi) is 4.54. The first kappa shape index (κ1) is 16.1. The minimum Gasteiger partial charge on any atom is -0.346 e. The fourth-order valence-corrected chi connectivity index (χ4v) is 2.90. The summed E-state index contributed by atoms with van der Waals surface area (Å²) in [5.74, 6) is -0.327. The van der Waals surface area contributed by atoms with Gasteiger partial charge in [-0.2, -0.15) is 10.2 Å². The molecule has 2 atom stereocenters. The minimum atomic E-state index is -0.322. The highest BCUT2D eigenvalue weighted by Crippen LogP contribution is 2.26. The number of piperidine rings is 1. The SMILES string of the molecule is CC(C)n1nccc1[C@@H]1NC(=O)CC[C@H]1NC(=O)c1cccnn1. The molecule has 3 heterocycles. The maximum Gasteiger partial charge on any atom is 0.272 e. The van der Waals surface area contributed by atoms with Gasteiger partial charge in [0.05, 0.1) is 17.8 Å². The van der Waals surface area contributed by atoms with Crippen molar-refractivity contribution < 1.29 is 9.59 Å². The van der Waals surface area contributed by atoms with E-state index in [1.165, 1.54) is 6.20 Å². The van der Waals surface area contributed by atoms with E-state index in [0.717, 1.165) is 5.69 Å². The van der Waals surface area contributed by atoms with Gasteiger partial charge in [-0.3, -0.25) is 14.3 Å². The summed E-state index contributed by atoms with van der Waals surface area (Å²) in [7, 11) is 0. The lowest BCUT2D eigenvalue weighted by molar-refractivity contribution is -0.124. The summed E-state index contributed by atoms with van der Waals surface area (Å²) in [6.45, 7) is 4.04. The minimum absolute atomic E-state index is 0.0264. The van der Waals surface area contributed by atoms with Crippen LogP contribution in [0.5, 0.6) is 0 Å². The second-order valence-electron chi connectivity index (χ2n) is 6.07. The van der Waals surface area contributed by atoms with Crippen LogP contribution in [-0.4, -0.2) is 37.8 Å². The smallest absolute Gasteiger partial charge is 0.272 e. The van der Waals surface area contributed by atoms with Gasteiger partial charge in [0.2, 0.25) is 5.91 Å². The van der Waals surface area contributed by atoms with Gasteiger partial charge in [0, 0.05) is 24.9 Å². The van der Waals surface area contributed by atoms with Crippen molar-refractivity contribution in [3.05, 3.63) is 42.0 Å². The summed E-state index contributed by atoms with van der Waals surface area (Å²) in [5, 5.41) is 17.8. The van der Waals surface area contributed by atoms with Crippen molar-refractivity contribution in [1.82, 2.24) is 30.6 Å². The van der Waals surface area contributed by atoms with Gasteiger partial charge >= 0.3 is 0 Å². The Hall–Kier alpha value is -2.77. The van der Waals surface area contributed by atoms with Crippen LogP contribution >= 0.6 is 0 Å². The number of aromatic nitrogens is 4. The van der Waals surface area contributed by atoms with Gasteiger partial charge in [-0.05, 0) is 38.5 Å². The van der Waals surface area contributed by atoms with Crippen molar-refractivity contribution in [2.75, 3.05) is 0 Å². The Morgan fingerprint density at radius 2 is 2.21 bits per heavy atom. The molecule has 0 saturated carbocycles. The number of amides is 2. The number of carbonyl (C=O) groups is 2. The van der Waals surface area contributed by atoms with E-state index in [1.54, 1.807) is 18.3 Å². The lowest BCUT2D eigenvalue weighted by atomic mass is 9.94. The molecule has 1 aliphatic heterocycles. The maximum atomic E-state index is 12.4. The van der Waals surface area contributed by atoms with Gasteiger partial charge < -0.3 is 10.6 Å². The molecule has 0 bridgehead atoms. The van der Waals surface area contributed by atoms with Crippen LogP contribution in [0.3, 0.4) is 0 Å². The molecule has 1 aliphatic rings. The molecular weight excluding hydrogens is 308 g/mol. The highest BCUT2D eigenvalue weighted by atomic mass is 16.2. The lowest BCUT2D eigenvalue weighted by Crippen LogP contribution is -2.51. The highest BCUT2D eigenvalue weighted by Gasteiger charge is 2.33. The molecule has 0 unspecified atom stereocenters. The third-order valence-corrected chi connectivity index (χ3v) is 4.03. The summed E-state index contributed by atoms with van der Waals surface area (Å²) in [4.78, 5) is 24.3. The van der Waals surface area contributed by atoms with Gasteiger partial charge in [-0.1, -0.05) is 0 Å². The largest absolute Gasteiger partial charge is 0.346 e. The summed E-state index contributed by atoms with van der Waals surface area (Å²) in [6, 6.07) is 4.75. The third-order valence-electron chi connectivity index (χ3n) is 4.03. The molecule has 2 aromatic heterocycles. The fraction of sp³-hybridized carbons (Fsp3) is 0.438. The van der Waals surface area contributed by atoms with E-state index in [9.17, 15) is 9.59 Å². The Balaban J connectivity index is 1.83. The average molecular weight is 328 g/mol. The van der Waals surface area contributed by atoms with Crippen LogP contribution < -0.4 is 10.6 Å². The standard InChI is InChI=1S/C16H20N6O2/c1-10(2)22-13(7-9-18-22)15-11(5-6-14(23)20-15)19-16(24)12-4-3-8-17-21-12/h3-4,7-11,15H,5-6H2,1-2H3,(H,19,24)(H,20,23)/t11-,15-/m1/s1. The zero-order chi connectivity index (χ0) is 17.1. The van der Waals surface area contributed by atoms with Gasteiger partial charge in [-0.15, -0.1) is 5.10 Å². The Morgan fingerprint density at radius 3 is 2.92 bits per heavy atom.